The molecule has 1 aromatic rings. The summed E-state index contributed by atoms with van der Waals surface area (Å²) >= 11 is 4.32. The maximum absolute atomic E-state index is 11.8. The summed E-state index contributed by atoms with van der Waals surface area (Å²) in [6.45, 7) is 0. The van der Waals surface area contributed by atoms with Gasteiger partial charge in [0.25, 0.3) is 0 Å². The fourth-order valence-electron chi connectivity index (χ4n) is 0.520. The Morgan fingerprint density at radius 3 is 2.30 bits per heavy atom. The molecule has 1 rings (SSSR count). The molecule has 0 radical (unpaired) electrons. The molecule has 56 valence electrons. The lowest BCUT2D eigenvalue weighted by atomic mass is 10.9. The fourth-order valence-corrected chi connectivity index (χ4v) is 0.752. The molecule has 0 unspecified atom stereocenters. The highest BCUT2D eigenvalue weighted by Gasteiger charge is 2.30. The molecule has 0 aliphatic rings. The Hall–Kier alpha value is -0.780. The van der Waals surface area contributed by atoms with Gasteiger partial charge in [-0.1, -0.05) is 0 Å². The fraction of sp³-hybridized carbons (Fsp3) is 0.250. The van der Waals surface area contributed by atoms with Crippen LogP contribution in [0.3, 0.4) is 0 Å². The third-order valence-electron chi connectivity index (χ3n) is 0.922. The Bertz CT molecular complexity index is 271. The van der Waals surface area contributed by atoms with E-state index < -0.39 is 6.30 Å². The van der Waals surface area contributed by atoms with E-state index in [1.807, 2.05) is 0 Å². The Kier molecular flexibility index (Phi) is 1.55. The number of imidazole rings is 1. The number of aromatic amines is 1. The van der Waals surface area contributed by atoms with E-state index in [1.54, 1.807) is 0 Å². The van der Waals surface area contributed by atoms with Crippen LogP contribution in [0.4, 0.5) is 13.2 Å². The minimum atomic E-state index is -4.41. The minimum Gasteiger partial charge on any atom is -0.337 e. The molecule has 0 aliphatic heterocycles. The van der Waals surface area contributed by atoms with Crippen LogP contribution in [0.1, 0.15) is 0 Å². The molecule has 1 N–H and O–H groups in total. The molecule has 1 aromatic heterocycles. The Labute approximate surface area is 59.3 Å². The highest BCUT2D eigenvalue weighted by molar-refractivity contribution is 7.71. The van der Waals surface area contributed by atoms with Crippen molar-refractivity contribution >= 4 is 12.2 Å². The maximum atomic E-state index is 11.8. The first-order valence-corrected chi connectivity index (χ1v) is 2.76. The first kappa shape index (κ1) is 7.33. The summed E-state index contributed by atoms with van der Waals surface area (Å²) in [6, 6.07) is 0. The van der Waals surface area contributed by atoms with E-state index in [2.05, 4.69) is 17.2 Å². The quantitative estimate of drug-likeness (QED) is 0.588. The van der Waals surface area contributed by atoms with E-state index in [4.69, 9.17) is 0 Å². The molecule has 6 heteroatoms. The van der Waals surface area contributed by atoms with Gasteiger partial charge >= 0.3 is 6.30 Å². The van der Waals surface area contributed by atoms with Gasteiger partial charge in [0, 0.05) is 12.4 Å². The van der Waals surface area contributed by atoms with Gasteiger partial charge in [-0.05, 0) is 12.2 Å². The molecule has 0 saturated carbocycles. The van der Waals surface area contributed by atoms with Crippen LogP contribution in [-0.2, 0) is 6.30 Å². The van der Waals surface area contributed by atoms with Gasteiger partial charge in [-0.2, -0.15) is 0 Å². The SMILES string of the molecule is FC(F)(F)n1cc[nH]c1=S. The Morgan fingerprint density at radius 2 is 2.10 bits per heavy atom. The summed E-state index contributed by atoms with van der Waals surface area (Å²) in [4.78, 5) is 2.23. The first-order chi connectivity index (χ1) is 4.52. The number of nitrogens with zero attached hydrogens (tertiary/aromatic N) is 1. The van der Waals surface area contributed by atoms with E-state index in [1.165, 1.54) is 0 Å². The molecule has 0 atom stereocenters. The summed E-state index contributed by atoms with van der Waals surface area (Å²) in [5, 5.41) is 0. The van der Waals surface area contributed by atoms with Crippen LogP contribution < -0.4 is 0 Å². The Morgan fingerprint density at radius 1 is 1.50 bits per heavy atom. The van der Waals surface area contributed by atoms with Crippen LogP contribution in [0.25, 0.3) is 0 Å². The molecule has 0 bridgehead atoms. The number of aromatic nitrogens is 2. The zero-order chi connectivity index (χ0) is 7.78. The largest absolute Gasteiger partial charge is 0.490 e. The highest BCUT2D eigenvalue weighted by atomic mass is 32.1. The number of hydrogen-bond donors (Lipinski definition) is 1. The maximum Gasteiger partial charge on any atom is 0.490 e. The van der Waals surface area contributed by atoms with Crippen LogP contribution in [0.5, 0.6) is 0 Å². The molecule has 0 saturated heterocycles. The number of halogens is 3. The summed E-state index contributed by atoms with van der Waals surface area (Å²) in [5.41, 5.74) is 0. The monoisotopic (exact) mass is 168 g/mol. The van der Waals surface area contributed by atoms with Crippen molar-refractivity contribution in [2.45, 2.75) is 6.30 Å². The molecule has 2 nitrogen and oxygen atoms in total. The first-order valence-electron chi connectivity index (χ1n) is 2.35. The number of nitrogens with one attached hydrogen (secondary N) is 1. The second kappa shape index (κ2) is 2.12. The number of H-pyrrole nitrogens is 1. The lowest BCUT2D eigenvalue weighted by Gasteiger charge is -2.04. The zero-order valence-electron chi connectivity index (χ0n) is 4.64. The third kappa shape index (κ3) is 1.21. The second-order valence-corrected chi connectivity index (χ2v) is 1.99. The van der Waals surface area contributed by atoms with Gasteiger partial charge < -0.3 is 4.98 Å². The number of hydrogen-bond acceptors (Lipinski definition) is 1. The van der Waals surface area contributed by atoms with Crippen molar-refractivity contribution < 1.29 is 13.2 Å². The lowest BCUT2D eigenvalue weighted by molar-refractivity contribution is -0.204. The van der Waals surface area contributed by atoms with Gasteiger partial charge in [-0.15, -0.1) is 13.2 Å². The summed E-state index contributed by atoms with van der Waals surface area (Å²) in [5.74, 6) is 0. The Balaban J connectivity index is 3.18. The van der Waals surface area contributed by atoms with Gasteiger partial charge in [0.2, 0.25) is 0 Å². The van der Waals surface area contributed by atoms with E-state index >= 15 is 0 Å². The van der Waals surface area contributed by atoms with E-state index in [9.17, 15) is 13.2 Å². The number of alkyl halides is 3. The smallest absolute Gasteiger partial charge is 0.337 e. The average Bonchev–Trinajstić information content (AvgIpc) is 2.11. The summed E-state index contributed by atoms with van der Waals surface area (Å²) < 4.78 is 35.0. The highest BCUT2D eigenvalue weighted by Crippen LogP contribution is 2.21. The minimum absolute atomic E-state index is 0.0301. The van der Waals surface area contributed by atoms with E-state index in [-0.39, 0.29) is 9.34 Å². The van der Waals surface area contributed by atoms with Gasteiger partial charge in [0.1, 0.15) is 0 Å². The molecule has 0 spiro atoms. The van der Waals surface area contributed by atoms with Crippen LogP contribution in [0.15, 0.2) is 12.4 Å². The predicted molar refractivity (Wildman–Crippen MR) is 30.9 cm³/mol. The molecule has 0 fully saturated rings. The standard InChI is InChI=1S/C4H3F3N2S/c5-4(6,7)9-2-1-8-3(9)10/h1-2H,(H,8,10). The normalized spacial score (nSPS) is 11.9. The van der Waals surface area contributed by atoms with Gasteiger partial charge in [0.05, 0.1) is 0 Å². The molecular weight excluding hydrogens is 165 g/mol. The molecule has 0 aromatic carbocycles. The summed E-state index contributed by atoms with van der Waals surface area (Å²) in [6.07, 6.45) is -2.44. The van der Waals surface area contributed by atoms with Crippen molar-refractivity contribution in [2.75, 3.05) is 0 Å². The molecule has 0 amide bonds. The molecular formula is C4H3F3N2S. The summed E-state index contributed by atoms with van der Waals surface area (Å²) in [7, 11) is 0. The molecule has 1 heterocycles. The second-order valence-electron chi connectivity index (χ2n) is 1.60. The van der Waals surface area contributed by atoms with Crippen LogP contribution in [0, 0.1) is 4.77 Å². The predicted octanol–water partition coefficient (Wildman–Crippen LogP) is 2.02. The van der Waals surface area contributed by atoms with E-state index in [0.29, 0.717) is 0 Å². The molecule has 10 heavy (non-hydrogen) atoms. The topological polar surface area (TPSA) is 20.7 Å². The lowest BCUT2D eigenvalue weighted by Crippen LogP contribution is -2.15. The van der Waals surface area contributed by atoms with Crippen molar-refractivity contribution in [2.24, 2.45) is 0 Å². The van der Waals surface area contributed by atoms with Gasteiger partial charge in [-0.3, -0.25) is 0 Å². The van der Waals surface area contributed by atoms with Crippen LogP contribution >= 0.6 is 12.2 Å². The third-order valence-corrected chi connectivity index (χ3v) is 1.24. The zero-order valence-corrected chi connectivity index (χ0v) is 5.46. The van der Waals surface area contributed by atoms with Crippen molar-refractivity contribution in [3.63, 3.8) is 0 Å². The van der Waals surface area contributed by atoms with Crippen molar-refractivity contribution in [1.82, 2.24) is 9.55 Å². The average molecular weight is 168 g/mol. The van der Waals surface area contributed by atoms with E-state index in [0.717, 1.165) is 12.4 Å². The van der Waals surface area contributed by atoms with Gasteiger partial charge in [-0.25, -0.2) is 4.57 Å². The van der Waals surface area contributed by atoms with Crippen molar-refractivity contribution in [1.29, 1.82) is 0 Å². The van der Waals surface area contributed by atoms with Crippen LogP contribution in [-0.4, -0.2) is 9.55 Å². The van der Waals surface area contributed by atoms with Crippen molar-refractivity contribution in [3.05, 3.63) is 17.2 Å². The van der Waals surface area contributed by atoms with Crippen molar-refractivity contribution in [3.8, 4) is 0 Å². The number of rotatable bonds is 0. The molecule has 0 aliphatic carbocycles. The van der Waals surface area contributed by atoms with Crippen LogP contribution in [0.2, 0.25) is 0 Å². The van der Waals surface area contributed by atoms with Gasteiger partial charge in [0.15, 0.2) is 4.77 Å².